The van der Waals surface area contributed by atoms with Gasteiger partial charge in [-0.25, -0.2) is 4.79 Å². The number of aryl methyl sites for hydroxylation is 1. The van der Waals surface area contributed by atoms with Crippen molar-refractivity contribution in [3.63, 3.8) is 0 Å². The number of fused-ring (bicyclic) bond motifs is 2. The van der Waals surface area contributed by atoms with Crippen LogP contribution in [0.2, 0.25) is 0 Å². The summed E-state index contributed by atoms with van der Waals surface area (Å²) >= 11 is 1.18. The number of aromatic nitrogens is 2. The molecule has 0 saturated carbocycles. The highest BCUT2D eigenvalue weighted by Gasteiger charge is 2.45. The first-order valence-corrected chi connectivity index (χ1v) is 10.2. The van der Waals surface area contributed by atoms with E-state index in [0.29, 0.717) is 27.2 Å². The van der Waals surface area contributed by atoms with Crippen LogP contribution in [0.5, 0.6) is 0 Å². The molecule has 0 spiro atoms. The molecule has 1 aliphatic heterocycles. The molecule has 1 atom stereocenters. The molecule has 0 N–H and O–H groups in total. The number of nitrogens with zero attached hydrogens (tertiary/aromatic N) is 3. The van der Waals surface area contributed by atoms with E-state index in [2.05, 4.69) is 10.2 Å². The summed E-state index contributed by atoms with van der Waals surface area (Å²) in [6, 6.07) is 11.1. The van der Waals surface area contributed by atoms with E-state index < -0.39 is 17.9 Å². The van der Waals surface area contributed by atoms with E-state index in [4.69, 9.17) is 9.15 Å². The summed E-state index contributed by atoms with van der Waals surface area (Å²) < 4.78 is 10.7. The Balaban J connectivity index is 1.76. The van der Waals surface area contributed by atoms with Gasteiger partial charge in [0.25, 0.3) is 5.91 Å². The maximum atomic E-state index is 13.5. The first-order chi connectivity index (χ1) is 15.0. The molecule has 2 aromatic heterocycles. The predicted octanol–water partition coefficient (Wildman–Crippen LogP) is 3.49. The molecule has 4 aromatic rings. The van der Waals surface area contributed by atoms with Crippen LogP contribution in [-0.4, -0.2) is 29.2 Å². The number of anilines is 1. The van der Waals surface area contributed by atoms with Crippen LogP contribution in [-0.2, 0) is 4.74 Å². The third-order valence-electron chi connectivity index (χ3n) is 5.23. The van der Waals surface area contributed by atoms with Crippen LogP contribution in [0.4, 0.5) is 5.13 Å². The lowest BCUT2D eigenvalue weighted by atomic mass is 9.97. The van der Waals surface area contributed by atoms with Gasteiger partial charge in [-0.05, 0) is 36.8 Å². The zero-order valence-corrected chi connectivity index (χ0v) is 17.3. The van der Waals surface area contributed by atoms with Crippen LogP contribution in [0.1, 0.15) is 43.6 Å². The second-order valence-electron chi connectivity index (χ2n) is 7.09. The number of esters is 1. The molecule has 2 aromatic carbocycles. The normalized spacial score (nSPS) is 15.4. The zero-order valence-electron chi connectivity index (χ0n) is 16.5. The number of methoxy groups -OCH3 is 1. The molecule has 3 heterocycles. The highest BCUT2D eigenvalue weighted by atomic mass is 32.1. The number of rotatable bonds is 3. The smallest absolute Gasteiger partial charge is 0.337 e. The van der Waals surface area contributed by atoms with Crippen LogP contribution in [0.15, 0.2) is 57.2 Å². The van der Waals surface area contributed by atoms with Gasteiger partial charge in [0, 0.05) is 0 Å². The molecule has 31 heavy (non-hydrogen) atoms. The summed E-state index contributed by atoms with van der Waals surface area (Å²) in [5.74, 6) is -0.955. The minimum Gasteiger partial charge on any atom is -0.465 e. The van der Waals surface area contributed by atoms with Gasteiger partial charge in [0.1, 0.15) is 11.1 Å². The van der Waals surface area contributed by atoms with Crippen molar-refractivity contribution in [3.8, 4) is 0 Å². The van der Waals surface area contributed by atoms with E-state index >= 15 is 0 Å². The standard InChI is InChI=1S/C22H15N3O5S/c1-11-3-8-15-14(9-11)18(26)16-17(12-4-6-13(7-5-12)21(28)29-2)25(20(27)19(16)30-15)22-24-23-10-31-22/h3-10,17H,1-2H3/t17-/m0/s1. The Morgan fingerprint density at radius 2 is 1.94 bits per heavy atom. The minimum absolute atomic E-state index is 0.0152. The van der Waals surface area contributed by atoms with E-state index in [9.17, 15) is 14.4 Å². The van der Waals surface area contributed by atoms with E-state index in [1.807, 2.05) is 13.0 Å². The number of hydrogen-bond donors (Lipinski definition) is 0. The molecule has 0 fully saturated rings. The Bertz CT molecular complexity index is 1390. The number of ether oxygens (including phenoxy) is 1. The monoisotopic (exact) mass is 433 g/mol. The average Bonchev–Trinajstić information content (AvgIpc) is 3.40. The summed E-state index contributed by atoms with van der Waals surface area (Å²) in [7, 11) is 1.30. The second-order valence-corrected chi connectivity index (χ2v) is 7.90. The van der Waals surface area contributed by atoms with E-state index in [1.54, 1.807) is 36.4 Å². The largest absolute Gasteiger partial charge is 0.465 e. The SMILES string of the molecule is COC(=O)c1ccc([C@H]2c3c(oc4ccc(C)cc4c3=O)C(=O)N2c2nncs2)cc1. The van der Waals surface area contributed by atoms with Crippen LogP contribution in [0.25, 0.3) is 11.0 Å². The van der Waals surface area contributed by atoms with E-state index in [1.165, 1.54) is 28.9 Å². The Morgan fingerprint density at radius 1 is 1.16 bits per heavy atom. The average molecular weight is 433 g/mol. The summed E-state index contributed by atoms with van der Waals surface area (Å²) in [5.41, 5.74) is 3.73. The third-order valence-corrected chi connectivity index (χ3v) is 5.92. The summed E-state index contributed by atoms with van der Waals surface area (Å²) in [6.45, 7) is 1.88. The highest BCUT2D eigenvalue weighted by molar-refractivity contribution is 7.13. The van der Waals surface area contributed by atoms with Gasteiger partial charge in [-0.2, -0.15) is 0 Å². The van der Waals surface area contributed by atoms with E-state index in [0.717, 1.165) is 5.56 Å². The Labute approximate surface area is 179 Å². The number of amides is 1. The van der Waals surface area contributed by atoms with E-state index in [-0.39, 0.29) is 16.8 Å². The van der Waals surface area contributed by atoms with Gasteiger partial charge in [-0.1, -0.05) is 35.1 Å². The zero-order chi connectivity index (χ0) is 21.7. The maximum Gasteiger partial charge on any atom is 0.337 e. The Hall–Kier alpha value is -3.85. The van der Waals surface area contributed by atoms with Crippen molar-refractivity contribution in [2.75, 3.05) is 12.0 Å². The summed E-state index contributed by atoms with van der Waals surface area (Å²) in [4.78, 5) is 40.0. The van der Waals surface area contributed by atoms with Gasteiger partial charge >= 0.3 is 5.97 Å². The van der Waals surface area contributed by atoms with Crippen LogP contribution < -0.4 is 10.3 Å². The lowest BCUT2D eigenvalue weighted by Gasteiger charge is -2.22. The van der Waals surface area contributed by atoms with Gasteiger partial charge in [-0.15, -0.1) is 10.2 Å². The molecule has 0 radical (unpaired) electrons. The van der Waals surface area contributed by atoms with Crippen molar-refractivity contribution < 1.29 is 18.7 Å². The van der Waals surface area contributed by atoms with Crippen molar-refractivity contribution in [3.05, 3.63) is 86.2 Å². The fraction of sp³-hybridized carbons (Fsp3) is 0.136. The van der Waals surface area contributed by atoms with Gasteiger partial charge in [0.15, 0.2) is 5.43 Å². The van der Waals surface area contributed by atoms with Gasteiger partial charge < -0.3 is 9.15 Å². The number of carbonyl (C=O) groups excluding carboxylic acids is 2. The molecule has 0 saturated heterocycles. The molecule has 5 rings (SSSR count). The second kappa shape index (κ2) is 7.13. The first-order valence-electron chi connectivity index (χ1n) is 9.35. The van der Waals surface area contributed by atoms with Gasteiger partial charge in [0.2, 0.25) is 10.9 Å². The third kappa shape index (κ3) is 2.93. The quantitative estimate of drug-likeness (QED) is 0.456. The molecule has 0 unspecified atom stereocenters. The minimum atomic E-state index is -0.761. The highest BCUT2D eigenvalue weighted by Crippen LogP contribution is 2.41. The van der Waals surface area contributed by atoms with Crippen molar-refractivity contribution >= 4 is 39.3 Å². The number of hydrogen-bond acceptors (Lipinski definition) is 8. The van der Waals surface area contributed by atoms with Crippen LogP contribution in [0.3, 0.4) is 0 Å². The van der Waals surface area contributed by atoms with Crippen molar-refractivity contribution in [2.24, 2.45) is 0 Å². The lowest BCUT2D eigenvalue weighted by Crippen LogP contribution is -2.29. The van der Waals surface area contributed by atoms with Crippen LogP contribution in [0, 0.1) is 6.92 Å². The lowest BCUT2D eigenvalue weighted by molar-refractivity contribution is 0.0600. The van der Waals surface area contributed by atoms with Gasteiger partial charge in [0.05, 0.1) is 29.7 Å². The molecular formula is C22H15N3O5S. The van der Waals surface area contributed by atoms with Gasteiger partial charge in [-0.3, -0.25) is 14.5 Å². The van der Waals surface area contributed by atoms with Crippen molar-refractivity contribution in [1.29, 1.82) is 0 Å². The molecule has 9 heteroatoms. The molecule has 0 aliphatic carbocycles. The summed E-state index contributed by atoms with van der Waals surface area (Å²) in [6.07, 6.45) is 0. The summed E-state index contributed by atoms with van der Waals surface area (Å²) in [5, 5.41) is 8.62. The fourth-order valence-corrected chi connectivity index (χ4v) is 4.38. The fourth-order valence-electron chi connectivity index (χ4n) is 3.79. The molecule has 1 amide bonds. The van der Waals surface area contributed by atoms with Crippen molar-refractivity contribution in [1.82, 2.24) is 10.2 Å². The predicted molar refractivity (Wildman–Crippen MR) is 114 cm³/mol. The Morgan fingerprint density at radius 3 is 2.61 bits per heavy atom. The molecule has 0 bridgehead atoms. The topological polar surface area (TPSA) is 103 Å². The number of benzene rings is 2. The van der Waals surface area contributed by atoms with Crippen molar-refractivity contribution in [2.45, 2.75) is 13.0 Å². The molecule has 154 valence electrons. The first kappa shape index (κ1) is 19.1. The Kier molecular flexibility index (Phi) is 4.40. The molecule has 8 nitrogen and oxygen atoms in total. The maximum absolute atomic E-state index is 13.5. The number of carbonyl (C=O) groups is 2. The van der Waals surface area contributed by atoms with Crippen LogP contribution >= 0.6 is 11.3 Å². The molecular weight excluding hydrogens is 418 g/mol. The molecule has 1 aliphatic rings.